The molecule has 1 amide bonds. The van der Waals surface area contributed by atoms with Crippen LogP contribution in [-0.4, -0.2) is 29.2 Å². The quantitative estimate of drug-likeness (QED) is 0.807. The Balaban J connectivity index is 2.34. The molecule has 0 saturated carbocycles. The number of hydrogen-bond acceptors (Lipinski definition) is 3. The van der Waals surface area contributed by atoms with Gasteiger partial charge in [0.2, 0.25) is 5.91 Å². The minimum Gasteiger partial charge on any atom is -0.327 e. The van der Waals surface area contributed by atoms with Crippen LogP contribution in [0.15, 0.2) is 24.3 Å². The highest BCUT2D eigenvalue weighted by molar-refractivity contribution is 5.89. The molecule has 90 valence electrons. The van der Waals surface area contributed by atoms with Gasteiger partial charge in [-0.05, 0) is 18.1 Å². The van der Waals surface area contributed by atoms with Crippen molar-refractivity contribution in [3.05, 3.63) is 35.4 Å². The van der Waals surface area contributed by atoms with E-state index in [0.717, 1.165) is 11.1 Å². The van der Waals surface area contributed by atoms with Gasteiger partial charge in [-0.3, -0.25) is 9.59 Å². The van der Waals surface area contributed by atoms with Crippen molar-refractivity contribution in [2.24, 2.45) is 5.73 Å². The molecule has 0 saturated heterocycles. The van der Waals surface area contributed by atoms with E-state index in [-0.39, 0.29) is 24.3 Å². The second kappa shape index (κ2) is 4.67. The maximum absolute atomic E-state index is 11.7. The molecular weight excluding hydrogens is 216 g/mol. The highest BCUT2D eigenvalue weighted by Crippen LogP contribution is 2.23. The Hall–Kier alpha value is -1.68. The first-order chi connectivity index (χ1) is 8.13. The lowest BCUT2D eigenvalue weighted by Gasteiger charge is -2.35. The maximum atomic E-state index is 11.7. The third-order valence-corrected chi connectivity index (χ3v) is 3.21. The van der Waals surface area contributed by atoms with E-state index in [4.69, 9.17) is 5.73 Å². The summed E-state index contributed by atoms with van der Waals surface area (Å²) in [5.41, 5.74) is 7.63. The van der Waals surface area contributed by atoms with Gasteiger partial charge in [0.25, 0.3) is 0 Å². The molecule has 1 aromatic rings. The highest BCUT2D eigenvalue weighted by atomic mass is 16.2. The van der Waals surface area contributed by atoms with E-state index in [1.54, 1.807) is 4.90 Å². The predicted molar refractivity (Wildman–Crippen MR) is 64.2 cm³/mol. The zero-order valence-electron chi connectivity index (χ0n) is 9.85. The third-order valence-electron chi connectivity index (χ3n) is 3.21. The standard InChI is InChI=1S/C13H16N2O2/c1-9(16)12-6-10-4-2-3-5-11(10)8-15(12)13(17)7-14/h2-5,12H,6-8,14H2,1H3. The van der Waals surface area contributed by atoms with Crippen molar-refractivity contribution < 1.29 is 9.59 Å². The summed E-state index contributed by atoms with van der Waals surface area (Å²) in [6, 6.07) is 7.54. The Kier molecular flexibility index (Phi) is 3.24. The SMILES string of the molecule is CC(=O)C1Cc2ccccc2CN1C(=O)CN. The first-order valence-electron chi connectivity index (χ1n) is 5.70. The summed E-state index contributed by atoms with van der Waals surface area (Å²) in [7, 11) is 0. The molecule has 2 rings (SSSR count). The second-order valence-corrected chi connectivity index (χ2v) is 4.33. The summed E-state index contributed by atoms with van der Waals surface area (Å²) >= 11 is 0. The number of nitrogens with two attached hydrogens (primary N) is 1. The van der Waals surface area contributed by atoms with Crippen LogP contribution < -0.4 is 5.73 Å². The van der Waals surface area contributed by atoms with Crippen molar-refractivity contribution in [2.75, 3.05) is 6.54 Å². The molecule has 1 aromatic carbocycles. The molecule has 1 aliphatic rings. The molecule has 1 atom stereocenters. The number of benzene rings is 1. The van der Waals surface area contributed by atoms with Crippen molar-refractivity contribution in [2.45, 2.75) is 25.9 Å². The first kappa shape index (κ1) is 11.8. The number of rotatable bonds is 2. The summed E-state index contributed by atoms with van der Waals surface area (Å²) in [5.74, 6) is -0.152. The smallest absolute Gasteiger partial charge is 0.237 e. The van der Waals surface area contributed by atoms with E-state index in [1.807, 2.05) is 24.3 Å². The fourth-order valence-electron chi connectivity index (χ4n) is 2.27. The lowest BCUT2D eigenvalue weighted by atomic mass is 9.92. The molecule has 0 aromatic heterocycles. The van der Waals surface area contributed by atoms with E-state index in [2.05, 4.69) is 0 Å². The number of hydrogen-bond donors (Lipinski definition) is 1. The molecule has 0 fully saturated rings. The van der Waals surface area contributed by atoms with E-state index in [9.17, 15) is 9.59 Å². The van der Waals surface area contributed by atoms with E-state index in [0.29, 0.717) is 13.0 Å². The van der Waals surface area contributed by atoms with Gasteiger partial charge in [-0.25, -0.2) is 0 Å². The molecule has 0 aliphatic carbocycles. The summed E-state index contributed by atoms with van der Waals surface area (Å²) in [5, 5.41) is 0. The molecular formula is C13H16N2O2. The van der Waals surface area contributed by atoms with Crippen LogP contribution in [0, 0.1) is 0 Å². The highest BCUT2D eigenvalue weighted by Gasteiger charge is 2.31. The number of amides is 1. The molecule has 1 unspecified atom stereocenters. The minimum atomic E-state index is -0.360. The lowest BCUT2D eigenvalue weighted by molar-refractivity contribution is -0.139. The number of fused-ring (bicyclic) bond motifs is 1. The van der Waals surface area contributed by atoms with Crippen molar-refractivity contribution >= 4 is 11.7 Å². The Bertz CT molecular complexity index is 456. The van der Waals surface area contributed by atoms with Gasteiger partial charge < -0.3 is 10.6 Å². The van der Waals surface area contributed by atoms with Gasteiger partial charge >= 0.3 is 0 Å². The molecule has 0 spiro atoms. The minimum absolute atomic E-state index is 0.0151. The van der Waals surface area contributed by atoms with E-state index in [1.165, 1.54) is 6.92 Å². The van der Waals surface area contributed by atoms with Crippen LogP contribution >= 0.6 is 0 Å². The predicted octanol–water partition coefficient (Wildman–Crippen LogP) is 0.488. The van der Waals surface area contributed by atoms with Crippen LogP contribution in [-0.2, 0) is 22.6 Å². The molecule has 0 bridgehead atoms. The zero-order chi connectivity index (χ0) is 12.4. The van der Waals surface area contributed by atoms with Gasteiger partial charge in [-0.1, -0.05) is 24.3 Å². The van der Waals surface area contributed by atoms with E-state index >= 15 is 0 Å². The molecule has 1 heterocycles. The molecule has 4 nitrogen and oxygen atoms in total. The van der Waals surface area contributed by atoms with Crippen LogP contribution in [0.2, 0.25) is 0 Å². The van der Waals surface area contributed by atoms with E-state index < -0.39 is 0 Å². The number of carbonyl (C=O) groups excluding carboxylic acids is 2. The van der Waals surface area contributed by atoms with Crippen molar-refractivity contribution in [1.29, 1.82) is 0 Å². The van der Waals surface area contributed by atoms with Crippen LogP contribution in [0.5, 0.6) is 0 Å². The molecule has 2 N–H and O–H groups in total. The second-order valence-electron chi connectivity index (χ2n) is 4.33. The van der Waals surface area contributed by atoms with Crippen LogP contribution in [0.4, 0.5) is 0 Å². The number of ketones is 1. The maximum Gasteiger partial charge on any atom is 0.237 e. The Morgan fingerprint density at radius 2 is 2.00 bits per heavy atom. The average molecular weight is 232 g/mol. The zero-order valence-corrected chi connectivity index (χ0v) is 9.85. The molecule has 4 heteroatoms. The van der Waals surface area contributed by atoms with Crippen molar-refractivity contribution in [3.63, 3.8) is 0 Å². The van der Waals surface area contributed by atoms with Crippen LogP contribution in [0.1, 0.15) is 18.1 Å². The monoisotopic (exact) mass is 232 g/mol. The van der Waals surface area contributed by atoms with Crippen molar-refractivity contribution in [3.8, 4) is 0 Å². The summed E-state index contributed by atoms with van der Waals surface area (Å²) in [4.78, 5) is 24.9. The van der Waals surface area contributed by atoms with Gasteiger partial charge in [-0.2, -0.15) is 0 Å². The molecule has 1 aliphatic heterocycles. The number of carbonyl (C=O) groups is 2. The molecule has 0 radical (unpaired) electrons. The van der Waals surface area contributed by atoms with Crippen molar-refractivity contribution in [1.82, 2.24) is 4.90 Å². The average Bonchev–Trinajstić information content (AvgIpc) is 2.36. The Labute approximate surface area is 100 Å². The Morgan fingerprint density at radius 3 is 2.59 bits per heavy atom. The largest absolute Gasteiger partial charge is 0.327 e. The van der Waals surface area contributed by atoms with Gasteiger partial charge in [0.1, 0.15) is 0 Å². The van der Waals surface area contributed by atoms with Gasteiger partial charge in [0, 0.05) is 13.0 Å². The lowest BCUT2D eigenvalue weighted by Crippen LogP contribution is -2.49. The Morgan fingerprint density at radius 1 is 1.35 bits per heavy atom. The molecule has 17 heavy (non-hydrogen) atoms. The summed E-state index contributed by atoms with van der Waals surface area (Å²) in [6.07, 6.45) is 0.594. The fourth-order valence-corrected chi connectivity index (χ4v) is 2.27. The normalized spacial score (nSPS) is 18.7. The fraction of sp³-hybridized carbons (Fsp3) is 0.385. The topological polar surface area (TPSA) is 63.4 Å². The number of nitrogens with zero attached hydrogens (tertiary/aromatic N) is 1. The van der Waals surface area contributed by atoms with Crippen LogP contribution in [0.25, 0.3) is 0 Å². The third kappa shape index (κ3) is 2.22. The van der Waals surface area contributed by atoms with Gasteiger partial charge in [0.05, 0.1) is 12.6 Å². The van der Waals surface area contributed by atoms with Gasteiger partial charge in [0.15, 0.2) is 5.78 Å². The summed E-state index contributed by atoms with van der Waals surface area (Å²) < 4.78 is 0. The van der Waals surface area contributed by atoms with Crippen LogP contribution in [0.3, 0.4) is 0 Å². The van der Waals surface area contributed by atoms with Gasteiger partial charge in [-0.15, -0.1) is 0 Å². The first-order valence-corrected chi connectivity index (χ1v) is 5.70. The number of Topliss-reactive ketones (excluding diaryl/α,β-unsaturated/α-hetero) is 1. The summed E-state index contributed by atoms with van der Waals surface area (Å²) in [6.45, 7) is 1.96.